The van der Waals surface area contributed by atoms with Gasteiger partial charge in [0.2, 0.25) is 0 Å². The van der Waals surface area contributed by atoms with Crippen LogP contribution in [0.25, 0.3) is 0 Å². The number of benzene rings is 1. The molecule has 0 radical (unpaired) electrons. The van der Waals surface area contributed by atoms with Crippen molar-refractivity contribution in [2.75, 3.05) is 31.6 Å². The molecule has 1 aromatic heterocycles. The van der Waals surface area contributed by atoms with Crippen molar-refractivity contribution < 1.29 is 5.11 Å². The number of aromatic nitrogens is 1. The number of aliphatic hydroxyl groups is 1. The Kier molecular flexibility index (Phi) is 4.18. The maximum absolute atomic E-state index is 9.30. The Hall–Kier alpha value is -1.91. The van der Waals surface area contributed by atoms with Gasteiger partial charge in [-0.3, -0.25) is 4.98 Å². The average molecular weight is 283 g/mol. The lowest BCUT2D eigenvalue weighted by molar-refractivity contribution is 0.268. The number of pyridine rings is 1. The molecule has 1 N–H and O–H groups in total. The first-order valence-corrected chi connectivity index (χ1v) is 7.34. The summed E-state index contributed by atoms with van der Waals surface area (Å²) in [6.07, 6.45) is 1.78. The van der Waals surface area contributed by atoms with E-state index in [0.717, 1.165) is 31.0 Å². The van der Waals surface area contributed by atoms with Crippen LogP contribution in [0.1, 0.15) is 17.3 Å². The molecule has 0 amide bonds. The summed E-state index contributed by atoms with van der Waals surface area (Å²) in [6, 6.07) is 15.0. The van der Waals surface area contributed by atoms with E-state index in [1.54, 1.807) is 6.20 Å². The zero-order valence-electron chi connectivity index (χ0n) is 12.3. The summed E-state index contributed by atoms with van der Waals surface area (Å²) >= 11 is 0. The maximum atomic E-state index is 9.30. The molecule has 1 aliphatic heterocycles. The van der Waals surface area contributed by atoms with Crippen LogP contribution in [0.4, 0.5) is 5.69 Å². The summed E-state index contributed by atoms with van der Waals surface area (Å²) in [5.74, 6) is 0. The molecule has 1 fully saturated rings. The Bertz CT molecular complexity index is 588. The van der Waals surface area contributed by atoms with Gasteiger partial charge in [0, 0.05) is 31.5 Å². The predicted molar refractivity (Wildman–Crippen MR) is 84.2 cm³/mol. The number of likely N-dealkylation sites (N-methyl/N-ethyl adjacent to an activating group) is 1. The first kappa shape index (κ1) is 14.0. The van der Waals surface area contributed by atoms with Crippen molar-refractivity contribution in [2.24, 2.45) is 0 Å². The van der Waals surface area contributed by atoms with Crippen LogP contribution >= 0.6 is 0 Å². The van der Waals surface area contributed by atoms with Crippen LogP contribution in [0, 0.1) is 0 Å². The fourth-order valence-corrected chi connectivity index (χ4v) is 2.92. The second-order valence-corrected chi connectivity index (χ2v) is 5.55. The van der Waals surface area contributed by atoms with E-state index >= 15 is 0 Å². The molecule has 1 saturated heterocycles. The van der Waals surface area contributed by atoms with Gasteiger partial charge in [-0.2, -0.15) is 0 Å². The van der Waals surface area contributed by atoms with Crippen LogP contribution in [0.2, 0.25) is 0 Å². The first-order chi connectivity index (χ1) is 10.3. The number of nitrogens with zero attached hydrogens (tertiary/aromatic N) is 3. The topological polar surface area (TPSA) is 39.6 Å². The molecule has 0 aliphatic carbocycles. The number of anilines is 1. The molecule has 2 aromatic rings. The van der Waals surface area contributed by atoms with Gasteiger partial charge in [-0.25, -0.2) is 0 Å². The fraction of sp³-hybridized carbons (Fsp3) is 0.353. The van der Waals surface area contributed by atoms with Crippen molar-refractivity contribution in [1.29, 1.82) is 0 Å². The first-order valence-electron chi connectivity index (χ1n) is 7.34. The molecule has 3 rings (SSSR count). The summed E-state index contributed by atoms with van der Waals surface area (Å²) in [6.45, 7) is 3.00. The third-order valence-electron chi connectivity index (χ3n) is 4.06. The van der Waals surface area contributed by atoms with Crippen molar-refractivity contribution in [3.05, 3.63) is 59.9 Å². The lowest BCUT2D eigenvalue weighted by atomic mass is 10.0. The molecule has 110 valence electrons. The molecule has 21 heavy (non-hydrogen) atoms. The van der Waals surface area contributed by atoms with Gasteiger partial charge in [-0.05, 0) is 24.7 Å². The Morgan fingerprint density at radius 3 is 2.76 bits per heavy atom. The normalized spacial score (nSPS) is 19.7. The summed E-state index contributed by atoms with van der Waals surface area (Å²) in [5, 5.41) is 9.30. The maximum Gasteiger partial charge on any atom is 0.0853 e. The van der Waals surface area contributed by atoms with Crippen LogP contribution in [0.3, 0.4) is 0 Å². The van der Waals surface area contributed by atoms with Crippen molar-refractivity contribution in [1.82, 2.24) is 9.88 Å². The third kappa shape index (κ3) is 3.06. The third-order valence-corrected chi connectivity index (χ3v) is 4.06. The predicted octanol–water partition coefficient (Wildman–Crippen LogP) is 2.07. The molecule has 0 saturated carbocycles. The van der Waals surface area contributed by atoms with Crippen LogP contribution in [0.15, 0.2) is 48.7 Å². The molecular formula is C17H21N3O. The zero-order chi connectivity index (χ0) is 14.7. The van der Waals surface area contributed by atoms with E-state index in [9.17, 15) is 5.11 Å². The Balaban J connectivity index is 1.94. The number of piperazine rings is 1. The Morgan fingerprint density at radius 1 is 1.19 bits per heavy atom. The number of hydrogen-bond acceptors (Lipinski definition) is 4. The minimum Gasteiger partial charge on any atom is -0.390 e. The van der Waals surface area contributed by atoms with Crippen molar-refractivity contribution in [3.63, 3.8) is 0 Å². The van der Waals surface area contributed by atoms with E-state index in [0.29, 0.717) is 6.04 Å². The average Bonchev–Trinajstić information content (AvgIpc) is 2.55. The molecule has 1 atom stereocenters. The van der Waals surface area contributed by atoms with Gasteiger partial charge < -0.3 is 14.9 Å². The second kappa shape index (κ2) is 6.24. The minimum absolute atomic E-state index is 0.0163. The van der Waals surface area contributed by atoms with E-state index in [-0.39, 0.29) is 6.61 Å². The van der Waals surface area contributed by atoms with Crippen LogP contribution in [-0.2, 0) is 6.61 Å². The minimum atomic E-state index is -0.0163. The summed E-state index contributed by atoms with van der Waals surface area (Å²) in [7, 11) is 2.17. The van der Waals surface area contributed by atoms with E-state index < -0.39 is 0 Å². The molecule has 1 unspecified atom stereocenters. The fourth-order valence-electron chi connectivity index (χ4n) is 2.92. The van der Waals surface area contributed by atoms with Gasteiger partial charge in [0.15, 0.2) is 0 Å². The molecule has 4 heteroatoms. The molecule has 0 bridgehead atoms. The number of rotatable bonds is 3. The van der Waals surface area contributed by atoms with E-state index in [1.165, 1.54) is 5.56 Å². The van der Waals surface area contributed by atoms with Gasteiger partial charge >= 0.3 is 0 Å². The highest BCUT2D eigenvalue weighted by atomic mass is 16.3. The summed E-state index contributed by atoms with van der Waals surface area (Å²) in [4.78, 5) is 8.95. The summed E-state index contributed by atoms with van der Waals surface area (Å²) < 4.78 is 0. The van der Waals surface area contributed by atoms with E-state index in [1.807, 2.05) is 12.1 Å². The molecule has 2 heterocycles. The van der Waals surface area contributed by atoms with Gasteiger partial charge in [0.05, 0.1) is 18.3 Å². The van der Waals surface area contributed by atoms with Gasteiger partial charge in [-0.1, -0.05) is 30.3 Å². The van der Waals surface area contributed by atoms with Crippen molar-refractivity contribution >= 4 is 5.69 Å². The molecule has 0 spiro atoms. The van der Waals surface area contributed by atoms with Gasteiger partial charge in [-0.15, -0.1) is 0 Å². The number of hydrogen-bond donors (Lipinski definition) is 1. The van der Waals surface area contributed by atoms with E-state index in [2.05, 4.69) is 52.2 Å². The van der Waals surface area contributed by atoms with Crippen LogP contribution in [-0.4, -0.2) is 41.7 Å². The van der Waals surface area contributed by atoms with E-state index in [4.69, 9.17) is 0 Å². The largest absolute Gasteiger partial charge is 0.390 e. The summed E-state index contributed by atoms with van der Waals surface area (Å²) in [5.41, 5.74) is 3.18. The highest BCUT2D eigenvalue weighted by Gasteiger charge is 2.26. The quantitative estimate of drug-likeness (QED) is 0.936. The Labute approximate surface area is 125 Å². The smallest absolute Gasteiger partial charge is 0.0853 e. The monoisotopic (exact) mass is 283 g/mol. The molecule has 1 aromatic carbocycles. The zero-order valence-corrected chi connectivity index (χ0v) is 12.3. The molecular weight excluding hydrogens is 262 g/mol. The van der Waals surface area contributed by atoms with Gasteiger partial charge in [0.1, 0.15) is 0 Å². The highest BCUT2D eigenvalue weighted by molar-refractivity contribution is 5.50. The standard InChI is InChI=1S/C17H21N3O/c1-19-9-10-20(16-7-8-18-15(11-16)13-21)17(12-19)14-5-3-2-4-6-14/h2-8,11,17,21H,9-10,12-13H2,1H3. The second-order valence-electron chi connectivity index (χ2n) is 5.55. The highest BCUT2D eigenvalue weighted by Crippen LogP contribution is 2.30. The van der Waals surface area contributed by atoms with Crippen LogP contribution in [0.5, 0.6) is 0 Å². The van der Waals surface area contributed by atoms with Crippen molar-refractivity contribution in [2.45, 2.75) is 12.6 Å². The van der Waals surface area contributed by atoms with Crippen LogP contribution < -0.4 is 4.90 Å². The SMILES string of the molecule is CN1CCN(c2ccnc(CO)c2)C(c2ccccc2)C1. The Morgan fingerprint density at radius 2 is 2.00 bits per heavy atom. The molecule has 1 aliphatic rings. The van der Waals surface area contributed by atoms with Gasteiger partial charge in [0.25, 0.3) is 0 Å². The molecule has 4 nitrogen and oxygen atoms in total. The lowest BCUT2D eigenvalue weighted by Gasteiger charge is -2.42. The van der Waals surface area contributed by atoms with Crippen molar-refractivity contribution in [3.8, 4) is 0 Å². The number of aliphatic hydroxyl groups excluding tert-OH is 1. The lowest BCUT2D eigenvalue weighted by Crippen LogP contribution is -2.47.